The Morgan fingerprint density at radius 1 is 1.18 bits per heavy atom. The van der Waals surface area contributed by atoms with Gasteiger partial charge in [0.2, 0.25) is 0 Å². The molecule has 0 saturated heterocycles. The number of ketones is 1. The van der Waals surface area contributed by atoms with Crippen LogP contribution < -0.4 is 9.47 Å². The number of carbonyl (C=O) groups excluding carboxylic acids is 2. The molecule has 114 valence electrons. The number of methoxy groups -OCH3 is 1. The molecule has 4 nitrogen and oxygen atoms in total. The van der Waals surface area contributed by atoms with Gasteiger partial charge in [0.15, 0.2) is 0 Å². The van der Waals surface area contributed by atoms with E-state index in [0.717, 1.165) is 23.6 Å². The molecule has 1 atom stereocenters. The van der Waals surface area contributed by atoms with Gasteiger partial charge < -0.3 is 9.47 Å². The van der Waals surface area contributed by atoms with Crippen molar-refractivity contribution in [3.63, 3.8) is 0 Å². The van der Waals surface area contributed by atoms with Crippen LogP contribution in [0.5, 0.6) is 11.5 Å². The highest BCUT2D eigenvalue weighted by Gasteiger charge is 2.30. The van der Waals surface area contributed by atoms with Crippen molar-refractivity contribution >= 4 is 22.5 Å². The molecule has 2 aromatic rings. The van der Waals surface area contributed by atoms with Crippen LogP contribution in [0.3, 0.4) is 0 Å². The summed E-state index contributed by atoms with van der Waals surface area (Å²) in [5, 5.41) is 1.76. The Labute approximate surface area is 129 Å². The van der Waals surface area contributed by atoms with E-state index in [1.807, 2.05) is 30.3 Å². The fourth-order valence-electron chi connectivity index (χ4n) is 2.86. The van der Waals surface area contributed by atoms with Gasteiger partial charge in [-0.15, -0.1) is 0 Å². The third-order valence-corrected chi connectivity index (χ3v) is 4.08. The molecule has 1 aliphatic carbocycles. The topological polar surface area (TPSA) is 52.6 Å². The molecular weight excluding hydrogens is 280 g/mol. The van der Waals surface area contributed by atoms with E-state index in [0.29, 0.717) is 24.3 Å². The summed E-state index contributed by atoms with van der Waals surface area (Å²) >= 11 is 0. The van der Waals surface area contributed by atoms with Crippen molar-refractivity contribution in [1.29, 1.82) is 0 Å². The predicted octanol–water partition coefficient (Wildman–Crippen LogP) is 3.51. The van der Waals surface area contributed by atoms with E-state index < -0.39 is 11.9 Å². The molecule has 1 unspecified atom stereocenters. The maximum absolute atomic E-state index is 12.3. The molecule has 3 rings (SSSR count). The van der Waals surface area contributed by atoms with Crippen LogP contribution in [0.1, 0.15) is 25.7 Å². The monoisotopic (exact) mass is 298 g/mol. The number of benzene rings is 2. The van der Waals surface area contributed by atoms with Gasteiger partial charge in [-0.3, -0.25) is 9.59 Å². The summed E-state index contributed by atoms with van der Waals surface area (Å²) in [4.78, 5) is 24.2. The molecule has 0 spiro atoms. The first-order valence-electron chi connectivity index (χ1n) is 7.50. The van der Waals surface area contributed by atoms with Gasteiger partial charge in [-0.2, -0.15) is 0 Å². The summed E-state index contributed by atoms with van der Waals surface area (Å²) in [5.74, 6) is -0.0277. The summed E-state index contributed by atoms with van der Waals surface area (Å²) in [7, 11) is 1.57. The van der Waals surface area contributed by atoms with Crippen LogP contribution in [0, 0.1) is 5.92 Å². The fraction of sp³-hybridized carbons (Fsp3) is 0.333. The van der Waals surface area contributed by atoms with Crippen molar-refractivity contribution < 1.29 is 19.1 Å². The van der Waals surface area contributed by atoms with Crippen LogP contribution in [-0.2, 0) is 9.59 Å². The van der Waals surface area contributed by atoms with Crippen LogP contribution >= 0.6 is 0 Å². The second kappa shape index (κ2) is 6.18. The maximum atomic E-state index is 12.3. The van der Waals surface area contributed by atoms with Crippen LogP contribution in [0.2, 0.25) is 0 Å². The summed E-state index contributed by atoms with van der Waals surface area (Å²) in [6.45, 7) is 0. The number of fused-ring (bicyclic) bond motifs is 1. The van der Waals surface area contributed by atoms with Crippen molar-refractivity contribution in [3.05, 3.63) is 36.4 Å². The first-order valence-corrected chi connectivity index (χ1v) is 7.50. The molecule has 1 saturated carbocycles. The molecule has 0 amide bonds. The van der Waals surface area contributed by atoms with E-state index in [2.05, 4.69) is 0 Å². The van der Waals surface area contributed by atoms with Gasteiger partial charge in [0, 0.05) is 17.9 Å². The summed E-state index contributed by atoms with van der Waals surface area (Å²) in [6, 6.07) is 11.2. The van der Waals surface area contributed by atoms with Crippen LogP contribution in [0.25, 0.3) is 10.8 Å². The molecule has 1 aliphatic rings. The Bertz CT molecular complexity index is 720. The van der Waals surface area contributed by atoms with Crippen molar-refractivity contribution in [3.8, 4) is 11.5 Å². The fourth-order valence-corrected chi connectivity index (χ4v) is 2.86. The Morgan fingerprint density at radius 2 is 2.00 bits per heavy atom. The number of hydrogen-bond acceptors (Lipinski definition) is 4. The lowest BCUT2D eigenvalue weighted by Gasteiger charge is -2.19. The van der Waals surface area contributed by atoms with Gasteiger partial charge in [0.25, 0.3) is 0 Å². The SMILES string of the molecule is COc1cc(OC(=O)C2CCCCC2=O)c2ccccc2c1. The quantitative estimate of drug-likeness (QED) is 0.494. The highest BCUT2D eigenvalue weighted by atomic mass is 16.5. The van der Waals surface area contributed by atoms with E-state index in [1.165, 1.54) is 0 Å². The Hall–Kier alpha value is -2.36. The number of ether oxygens (including phenoxy) is 2. The molecule has 0 aliphatic heterocycles. The largest absolute Gasteiger partial charge is 0.497 e. The number of esters is 1. The highest BCUT2D eigenvalue weighted by molar-refractivity contribution is 6.01. The molecular formula is C18H18O4. The molecule has 0 radical (unpaired) electrons. The number of Topliss-reactive ketones (excluding diaryl/α,β-unsaturated/α-hetero) is 1. The maximum Gasteiger partial charge on any atom is 0.321 e. The zero-order valence-electron chi connectivity index (χ0n) is 12.5. The molecule has 2 aromatic carbocycles. The van der Waals surface area contributed by atoms with Crippen LogP contribution in [0.15, 0.2) is 36.4 Å². The molecule has 4 heteroatoms. The number of carbonyl (C=O) groups is 2. The van der Waals surface area contributed by atoms with Crippen LogP contribution in [0.4, 0.5) is 0 Å². The Balaban J connectivity index is 1.92. The van der Waals surface area contributed by atoms with Crippen molar-refractivity contribution in [2.24, 2.45) is 5.92 Å². The second-order valence-electron chi connectivity index (χ2n) is 5.53. The van der Waals surface area contributed by atoms with Crippen molar-refractivity contribution in [1.82, 2.24) is 0 Å². The summed E-state index contributed by atoms with van der Waals surface area (Å²) < 4.78 is 10.8. The summed E-state index contributed by atoms with van der Waals surface area (Å²) in [5.41, 5.74) is 0. The van der Waals surface area contributed by atoms with E-state index in [1.54, 1.807) is 13.2 Å². The molecule has 0 heterocycles. The van der Waals surface area contributed by atoms with Gasteiger partial charge in [-0.25, -0.2) is 0 Å². The molecule has 0 bridgehead atoms. The third kappa shape index (κ3) is 2.82. The van der Waals surface area contributed by atoms with Gasteiger partial charge in [0.05, 0.1) is 7.11 Å². The molecule has 22 heavy (non-hydrogen) atoms. The smallest absolute Gasteiger partial charge is 0.321 e. The third-order valence-electron chi connectivity index (χ3n) is 4.08. The molecule has 1 fully saturated rings. The lowest BCUT2D eigenvalue weighted by molar-refractivity contribution is -0.145. The standard InChI is InChI=1S/C18H18O4/c1-21-13-10-12-6-2-3-7-14(12)17(11-13)22-18(20)15-8-4-5-9-16(15)19/h2-3,6-7,10-11,15H,4-5,8-9H2,1H3. The average molecular weight is 298 g/mol. The normalized spacial score (nSPS) is 18.2. The van der Waals surface area contributed by atoms with E-state index in [9.17, 15) is 9.59 Å². The van der Waals surface area contributed by atoms with Gasteiger partial charge >= 0.3 is 5.97 Å². The Kier molecular flexibility index (Phi) is 4.09. The minimum atomic E-state index is -0.626. The minimum absolute atomic E-state index is 0.0107. The highest BCUT2D eigenvalue weighted by Crippen LogP contribution is 2.32. The zero-order chi connectivity index (χ0) is 15.5. The van der Waals surface area contributed by atoms with Crippen molar-refractivity contribution in [2.45, 2.75) is 25.7 Å². The second-order valence-corrected chi connectivity index (χ2v) is 5.53. The average Bonchev–Trinajstić information content (AvgIpc) is 2.55. The lowest BCUT2D eigenvalue weighted by Crippen LogP contribution is -2.30. The minimum Gasteiger partial charge on any atom is -0.497 e. The summed E-state index contributed by atoms with van der Waals surface area (Å²) in [6.07, 6.45) is 2.81. The van der Waals surface area contributed by atoms with E-state index >= 15 is 0 Å². The zero-order valence-corrected chi connectivity index (χ0v) is 12.5. The molecule has 0 N–H and O–H groups in total. The lowest BCUT2D eigenvalue weighted by atomic mass is 9.88. The first kappa shape index (κ1) is 14.6. The molecule has 0 aromatic heterocycles. The van der Waals surface area contributed by atoms with E-state index in [-0.39, 0.29) is 5.78 Å². The van der Waals surface area contributed by atoms with Gasteiger partial charge in [0.1, 0.15) is 23.2 Å². The van der Waals surface area contributed by atoms with E-state index in [4.69, 9.17) is 9.47 Å². The predicted molar refractivity (Wildman–Crippen MR) is 83.1 cm³/mol. The number of hydrogen-bond donors (Lipinski definition) is 0. The number of rotatable bonds is 3. The van der Waals surface area contributed by atoms with Gasteiger partial charge in [-0.1, -0.05) is 30.7 Å². The first-order chi connectivity index (χ1) is 10.7. The van der Waals surface area contributed by atoms with Crippen LogP contribution in [-0.4, -0.2) is 18.9 Å². The Morgan fingerprint density at radius 3 is 2.77 bits per heavy atom. The van der Waals surface area contributed by atoms with Gasteiger partial charge in [-0.05, 0) is 24.3 Å². The van der Waals surface area contributed by atoms with Crippen molar-refractivity contribution in [2.75, 3.05) is 7.11 Å².